The van der Waals surface area contributed by atoms with Gasteiger partial charge < -0.3 is 11.1 Å². The minimum Gasteiger partial charge on any atom is -0.349 e. The summed E-state index contributed by atoms with van der Waals surface area (Å²) in [6.07, 6.45) is 2.72. The molecule has 0 bridgehead atoms. The Bertz CT molecular complexity index is 432. The number of hydrogen-bond donors (Lipinski definition) is 2. The van der Waals surface area contributed by atoms with Crippen LogP contribution in [0.25, 0.3) is 0 Å². The molecule has 0 spiro atoms. The van der Waals surface area contributed by atoms with E-state index < -0.39 is 0 Å². The number of carbonyl (C=O) groups is 1. The van der Waals surface area contributed by atoms with Gasteiger partial charge in [0.05, 0.1) is 6.04 Å². The summed E-state index contributed by atoms with van der Waals surface area (Å²) in [6, 6.07) is 7.47. The lowest BCUT2D eigenvalue weighted by Crippen LogP contribution is -2.34. The summed E-state index contributed by atoms with van der Waals surface area (Å²) in [5.74, 6) is 0.549. The van der Waals surface area contributed by atoms with E-state index in [4.69, 9.17) is 17.3 Å². The number of halogens is 1. The number of amides is 1. The summed E-state index contributed by atoms with van der Waals surface area (Å²) in [5, 5.41) is 3.62. The van der Waals surface area contributed by atoms with E-state index in [0.29, 0.717) is 17.4 Å². The molecule has 2 unspecified atom stereocenters. The monoisotopic (exact) mass is 266 g/mol. The van der Waals surface area contributed by atoms with E-state index in [1.54, 1.807) is 0 Å². The van der Waals surface area contributed by atoms with Gasteiger partial charge >= 0.3 is 0 Å². The van der Waals surface area contributed by atoms with Crippen LogP contribution in [0, 0.1) is 5.92 Å². The molecule has 3 N–H and O–H groups in total. The quantitative estimate of drug-likeness (QED) is 0.861. The summed E-state index contributed by atoms with van der Waals surface area (Å²) >= 11 is 6.09. The van der Waals surface area contributed by atoms with Gasteiger partial charge in [-0.2, -0.15) is 0 Å². The highest BCUT2D eigenvalue weighted by Gasteiger charge is 2.30. The third-order valence-electron chi connectivity index (χ3n) is 3.40. The van der Waals surface area contributed by atoms with Crippen molar-refractivity contribution in [3.63, 3.8) is 0 Å². The molecule has 0 saturated heterocycles. The van der Waals surface area contributed by atoms with E-state index in [1.807, 2.05) is 31.2 Å². The zero-order valence-corrected chi connectivity index (χ0v) is 11.3. The van der Waals surface area contributed by atoms with E-state index in [9.17, 15) is 4.79 Å². The Kier molecular flexibility index (Phi) is 4.25. The van der Waals surface area contributed by atoms with Gasteiger partial charge in [0, 0.05) is 17.5 Å². The predicted molar refractivity (Wildman–Crippen MR) is 73.3 cm³/mol. The van der Waals surface area contributed by atoms with Crippen molar-refractivity contribution in [3.8, 4) is 0 Å². The molecule has 1 fully saturated rings. The molecule has 2 rings (SSSR count). The van der Waals surface area contributed by atoms with Crippen LogP contribution >= 0.6 is 11.6 Å². The SMILES string of the molecule is CC(NC(=O)CC(N)C1CC1)c1ccccc1Cl. The van der Waals surface area contributed by atoms with Crippen molar-refractivity contribution in [2.45, 2.75) is 38.3 Å². The number of rotatable bonds is 5. The van der Waals surface area contributed by atoms with Crippen molar-refractivity contribution in [1.82, 2.24) is 5.32 Å². The lowest BCUT2D eigenvalue weighted by Gasteiger charge is -2.17. The molecule has 2 atom stereocenters. The summed E-state index contributed by atoms with van der Waals surface area (Å²) in [7, 11) is 0. The largest absolute Gasteiger partial charge is 0.349 e. The molecule has 1 aliphatic carbocycles. The number of carbonyl (C=O) groups excluding carboxylic acids is 1. The average Bonchev–Trinajstić information content (AvgIpc) is 3.12. The fourth-order valence-electron chi connectivity index (χ4n) is 2.11. The van der Waals surface area contributed by atoms with Crippen molar-refractivity contribution in [2.24, 2.45) is 11.7 Å². The summed E-state index contributed by atoms with van der Waals surface area (Å²) < 4.78 is 0. The molecule has 1 aromatic carbocycles. The first kappa shape index (κ1) is 13.4. The van der Waals surface area contributed by atoms with Crippen LogP contribution in [0.15, 0.2) is 24.3 Å². The lowest BCUT2D eigenvalue weighted by molar-refractivity contribution is -0.122. The molecule has 0 heterocycles. The molecular weight excluding hydrogens is 248 g/mol. The van der Waals surface area contributed by atoms with E-state index in [-0.39, 0.29) is 18.0 Å². The Balaban J connectivity index is 1.88. The molecule has 1 saturated carbocycles. The normalized spacial score (nSPS) is 18.2. The molecule has 0 aliphatic heterocycles. The van der Waals surface area contributed by atoms with Crippen LogP contribution in [0.3, 0.4) is 0 Å². The molecule has 1 amide bonds. The second-order valence-electron chi connectivity index (χ2n) is 5.02. The van der Waals surface area contributed by atoms with Crippen molar-refractivity contribution in [3.05, 3.63) is 34.9 Å². The second-order valence-corrected chi connectivity index (χ2v) is 5.42. The maximum Gasteiger partial charge on any atom is 0.222 e. The van der Waals surface area contributed by atoms with Gasteiger partial charge in [-0.05, 0) is 37.3 Å². The Morgan fingerprint density at radius 1 is 1.50 bits per heavy atom. The maximum absolute atomic E-state index is 11.8. The van der Waals surface area contributed by atoms with Crippen LogP contribution in [0.1, 0.15) is 37.8 Å². The van der Waals surface area contributed by atoms with E-state index in [1.165, 1.54) is 0 Å². The van der Waals surface area contributed by atoms with Crippen molar-refractivity contribution < 1.29 is 4.79 Å². The fourth-order valence-corrected chi connectivity index (χ4v) is 2.41. The maximum atomic E-state index is 11.8. The molecule has 18 heavy (non-hydrogen) atoms. The first-order valence-electron chi connectivity index (χ1n) is 6.37. The molecular formula is C14H19ClN2O. The zero-order chi connectivity index (χ0) is 13.1. The van der Waals surface area contributed by atoms with Gasteiger partial charge in [0.15, 0.2) is 0 Å². The van der Waals surface area contributed by atoms with Crippen LogP contribution < -0.4 is 11.1 Å². The smallest absolute Gasteiger partial charge is 0.222 e. The molecule has 3 nitrogen and oxygen atoms in total. The number of hydrogen-bond acceptors (Lipinski definition) is 2. The number of benzene rings is 1. The van der Waals surface area contributed by atoms with E-state index in [0.717, 1.165) is 18.4 Å². The van der Waals surface area contributed by atoms with Crippen molar-refractivity contribution in [1.29, 1.82) is 0 Å². The molecule has 1 aliphatic rings. The van der Waals surface area contributed by atoms with Crippen LogP contribution in [-0.4, -0.2) is 11.9 Å². The number of nitrogens with two attached hydrogens (primary N) is 1. The van der Waals surface area contributed by atoms with Gasteiger partial charge in [-0.3, -0.25) is 4.79 Å². The van der Waals surface area contributed by atoms with Gasteiger partial charge in [0.25, 0.3) is 0 Å². The Morgan fingerprint density at radius 3 is 2.78 bits per heavy atom. The summed E-state index contributed by atoms with van der Waals surface area (Å²) in [6.45, 7) is 1.93. The van der Waals surface area contributed by atoms with Crippen LogP contribution in [0.2, 0.25) is 5.02 Å². The lowest BCUT2D eigenvalue weighted by atomic mass is 10.1. The van der Waals surface area contributed by atoms with Crippen molar-refractivity contribution >= 4 is 17.5 Å². The fraction of sp³-hybridized carbons (Fsp3) is 0.500. The van der Waals surface area contributed by atoms with Crippen LogP contribution in [0.4, 0.5) is 0 Å². The molecule has 0 aromatic heterocycles. The Hall–Kier alpha value is -1.06. The Labute approximate surface area is 113 Å². The van der Waals surface area contributed by atoms with Crippen LogP contribution in [0.5, 0.6) is 0 Å². The number of nitrogens with one attached hydrogen (secondary N) is 1. The highest BCUT2D eigenvalue weighted by Crippen LogP contribution is 2.32. The van der Waals surface area contributed by atoms with Gasteiger partial charge in [-0.1, -0.05) is 29.8 Å². The second kappa shape index (κ2) is 5.72. The minimum absolute atomic E-state index is 0.00168. The first-order valence-corrected chi connectivity index (χ1v) is 6.75. The first-order chi connectivity index (χ1) is 8.58. The minimum atomic E-state index is -0.0856. The highest BCUT2D eigenvalue weighted by molar-refractivity contribution is 6.31. The van der Waals surface area contributed by atoms with Crippen LogP contribution in [-0.2, 0) is 4.79 Å². The molecule has 98 valence electrons. The topological polar surface area (TPSA) is 55.1 Å². The van der Waals surface area contributed by atoms with Gasteiger partial charge in [0.1, 0.15) is 0 Å². The third kappa shape index (κ3) is 3.47. The predicted octanol–water partition coefficient (Wildman–Crippen LogP) is 2.64. The van der Waals surface area contributed by atoms with Gasteiger partial charge in [0.2, 0.25) is 5.91 Å². The highest BCUT2D eigenvalue weighted by atomic mass is 35.5. The summed E-state index contributed by atoms with van der Waals surface area (Å²) in [4.78, 5) is 11.8. The third-order valence-corrected chi connectivity index (χ3v) is 3.74. The van der Waals surface area contributed by atoms with E-state index >= 15 is 0 Å². The van der Waals surface area contributed by atoms with Crippen molar-refractivity contribution in [2.75, 3.05) is 0 Å². The standard InChI is InChI=1S/C14H19ClN2O/c1-9(11-4-2-3-5-12(11)15)17-14(18)8-13(16)10-6-7-10/h2-5,9-10,13H,6-8,16H2,1H3,(H,17,18). The molecule has 4 heteroatoms. The Morgan fingerprint density at radius 2 is 2.17 bits per heavy atom. The van der Waals surface area contributed by atoms with Gasteiger partial charge in [-0.15, -0.1) is 0 Å². The molecule has 1 aromatic rings. The molecule has 0 radical (unpaired) electrons. The zero-order valence-electron chi connectivity index (χ0n) is 10.5. The van der Waals surface area contributed by atoms with E-state index in [2.05, 4.69) is 5.32 Å². The summed E-state index contributed by atoms with van der Waals surface area (Å²) in [5.41, 5.74) is 6.87. The average molecular weight is 267 g/mol. The van der Waals surface area contributed by atoms with Gasteiger partial charge in [-0.25, -0.2) is 0 Å².